The number of hydrogen-bond acceptors (Lipinski definition) is 9. The summed E-state index contributed by atoms with van der Waals surface area (Å²) in [6.07, 6.45) is 6.18. The maximum absolute atomic E-state index is 12.2. The number of ether oxygens (including phenoxy) is 1. The molecule has 2 N–H and O–H groups in total. The van der Waals surface area contributed by atoms with Gasteiger partial charge in [0, 0.05) is 23.0 Å². The monoisotopic (exact) mass is 529 g/mol. The Morgan fingerprint density at radius 3 is 3.00 bits per heavy atom. The van der Waals surface area contributed by atoms with Crippen LogP contribution in [0, 0.1) is 0 Å². The van der Waals surface area contributed by atoms with E-state index in [9.17, 15) is 9.90 Å². The molecule has 0 bridgehead atoms. The lowest BCUT2D eigenvalue weighted by Gasteiger charge is -2.35. The molecule has 5 aromatic rings. The van der Waals surface area contributed by atoms with E-state index in [2.05, 4.69) is 25.4 Å². The highest BCUT2D eigenvalue weighted by Crippen LogP contribution is 2.33. The lowest BCUT2D eigenvalue weighted by atomic mass is 10.0. The number of carbonyl (C=O) groups excluding carboxylic acids is 1. The minimum Gasteiger partial charge on any atom is -0.491 e. The van der Waals surface area contributed by atoms with Crippen LogP contribution in [0.5, 0.6) is 5.75 Å². The Morgan fingerprint density at radius 1 is 1.18 bits per heavy atom. The SMILES string of the molecule is O=C(CO)N1CCCC[C@@H]1COc1cccc2ncnc(Nc3ccc4c(cnn4Cc4cscn4)c3)c12. The van der Waals surface area contributed by atoms with Gasteiger partial charge >= 0.3 is 0 Å². The quantitative estimate of drug-likeness (QED) is 0.310. The summed E-state index contributed by atoms with van der Waals surface area (Å²) in [5, 5.41) is 21.1. The van der Waals surface area contributed by atoms with Crippen LogP contribution < -0.4 is 10.1 Å². The predicted octanol–water partition coefficient (Wildman–Crippen LogP) is 3.98. The molecular formula is C27H27N7O3S. The molecule has 11 heteroatoms. The Balaban J connectivity index is 1.25. The predicted molar refractivity (Wildman–Crippen MR) is 146 cm³/mol. The first kappa shape index (κ1) is 24.3. The van der Waals surface area contributed by atoms with Crippen LogP contribution in [-0.2, 0) is 11.3 Å². The van der Waals surface area contributed by atoms with E-state index >= 15 is 0 Å². The zero-order valence-electron chi connectivity index (χ0n) is 20.7. The van der Waals surface area contributed by atoms with Gasteiger partial charge < -0.3 is 20.1 Å². The molecule has 2 aromatic carbocycles. The molecule has 1 amide bonds. The summed E-state index contributed by atoms with van der Waals surface area (Å²) in [6, 6.07) is 11.7. The van der Waals surface area contributed by atoms with E-state index in [1.54, 1.807) is 16.2 Å². The average Bonchev–Trinajstić information content (AvgIpc) is 3.62. The largest absolute Gasteiger partial charge is 0.491 e. The van der Waals surface area contributed by atoms with Gasteiger partial charge in [-0.3, -0.25) is 9.48 Å². The smallest absolute Gasteiger partial charge is 0.248 e. The molecule has 1 aliphatic rings. The first-order chi connectivity index (χ1) is 18.7. The van der Waals surface area contributed by atoms with Crippen LogP contribution in [-0.4, -0.2) is 66.4 Å². The number of hydrogen-bond donors (Lipinski definition) is 2. The summed E-state index contributed by atoms with van der Waals surface area (Å²) < 4.78 is 8.21. The third-order valence-electron chi connectivity index (χ3n) is 6.84. The van der Waals surface area contributed by atoms with Crippen LogP contribution in [0.3, 0.4) is 0 Å². The van der Waals surface area contributed by atoms with Gasteiger partial charge in [-0.05, 0) is 49.6 Å². The second kappa shape index (κ2) is 10.7. The first-order valence-corrected chi connectivity index (χ1v) is 13.5. The maximum atomic E-state index is 12.2. The fourth-order valence-corrected chi connectivity index (χ4v) is 5.52. The molecule has 1 atom stereocenters. The second-order valence-electron chi connectivity index (χ2n) is 9.26. The van der Waals surface area contributed by atoms with E-state index < -0.39 is 6.61 Å². The van der Waals surface area contributed by atoms with E-state index in [1.807, 2.05) is 58.2 Å². The van der Waals surface area contributed by atoms with Gasteiger partial charge in [-0.1, -0.05) is 6.07 Å². The highest BCUT2D eigenvalue weighted by Gasteiger charge is 2.27. The van der Waals surface area contributed by atoms with Crippen molar-refractivity contribution in [3.05, 3.63) is 65.5 Å². The number of nitrogens with zero attached hydrogens (tertiary/aromatic N) is 6. The molecule has 194 valence electrons. The van der Waals surface area contributed by atoms with Crippen molar-refractivity contribution < 1.29 is 14.6 Å². The lowest BCUT2D eigenvalue weighted by molar-refractivity contribution is -0.138. The van der Waals surface area contributed by atoms with Gasteiger partial charge in [0.05, 0.1) is 46.4 Å². The number of carbonyl (C=O) groups is 1. The van der Waals surface area contributed by atoms with E-state index in [4.69, 9.17) is 4.74 Å². The number of fused-ring (bicyclic) bond motifs is 2. The molecule has 0 aliphatic carbocycles. The van der Waals surface area contributed by atoms with Gasteiger partial charge in [-0.2, -0.15) is 5.10 Å². The number of aliphatic hydroxyl groups is 1. The van der Waals surface area contributed by atoms with Crippen LogP contribution in [0.2, 0.25) is 0 Å². The van der Waals surface area contributed by atoms with Gasteiger partial charge in [-0.25, -0.2) is 15.0 Å². The molecular weight excluding hydrogens is 502 g/mol. The Bertz CT molecular complexity index is 1560. The van der Waals surface area contributed by atoms with Crippen molar-refractivity contribution in [2.24, 2.45) is 0 Å². The molecule has 1 aliphatic heterocycles. The van der Waals surface area contributed by atoms with Gasteiger partial charge in [0.25, 0.3) is 0 Å². The molecule has 0 radical (unpaired) electrons. The van der Waals surface area contributed by atoms with E-state index in [0.717, 1.165) is 52.4 Å². The number of piperidine rings is 1. The van der Waals surface area contributed by atoms with Gasteiger partial charge in [0.1, 0.15) is 31.1 Å². The molecule has 38 heavy (non-hydrogen) atoms. The maximum Gasteiger partial charge on any atom is 0.248 e. The summed E-state index contributed by atoms with van der Waals surface area (Å²) in [7, 11) is 0. The lowest BCUT2D eigenvalue weighted by Crippen LogP contribution is -2.47. The molecule has 1 saturated heterocycles. The Morgan fingerprint density at radius 2 is 2.13 bits per heavy atom. The molecule has 6 rings (SSSR count). The highest BCUT2D eigenvalue weighted by atomic mass is 32.1. The van der Waals surface area contributed by atoms with Crippen molar-refractivity contribution in [2.75, 3.05) is 25.1 Å². The van der Waals surface area contributed by atoms with Crippen molar-refractivity contribution in [1.82, 2.24) is 29.6 Å². The number of nitrogens with one attached hydrogen (secondary N) is 1. The number of benzene rings is 2. The summed E-state index contributed by atoms with van der Waals surface area (Å²) in [6.45, 7) is 1.12. The van der Waals surface area contributed by atoms with Crippen LogP contribution in [0.15, 0.2) is 59.8 Å². The normalized spacial score (nSPS) is 15.7. The zero-order chi connectivity index (χ0) is 25.9. The van der Waals surface area contributed by atoms with Crippen molar-refractivity contribution in [3.8, 4) is 5.75 Å². The van der Waals surface area contributed by atoms with Crippen molar-refractivity contribution in [2.45, 2.75) is 31.8 Å². The fourth-order valence-electron chi connectivity index (χ4n) is 4.97. The first-order valence-electron chi connectivity index (χ1n) is 12.6. The number of amides is 1. The topological polar surface area (TPSA) is 118 Å². The third kappa shape index (κ3) is 4.90. The molecule has 4 heterocycles. The zero-order valence-corrected chi connectivity index (χ0v) is 21.5. The van der Waals surface area contributed by atoms with Crippen LogP contribution in [0.25, 0.3) is 21.8 Å². The number of rotatable bonds is 8. The van der Waals surface area contributed by atoms with E-state index in [0.29, 0.717) is 31.3 Å². The van der Waals surface area contributed by atoms with Gasteiger partial charge in [0.2, 0.25) is 5.91 Å². The van der Waals surface area contributed by atoms with Crippen molar-refractivity contribution >= 4 is 50.6 Å². The summed E-state index contributed by atoms with van der Waals surface area (Å²) in [5.41, 5.74) is 5.46. The Labute approximate surface area is 222 Å². The van der Waals surface area contributed by atoms with Gasteiger partial charge in [0.15, 0.2) is 0 Å². The summed E-state index contributed by atoms with van der Waals surface area (Å²) in [4.78, 5) is 27.3. The second-order valence-corrected chi connectivity index (χ2v) is 9.98. The van der Waals surface area contributed by atoms with Crippen molar-refractivity contribution in [3.63, 3.8) is 0 Å². The number of aliphatic hydroxyl groups excluding tert-OH is 1. The fraction of sp³-hybridized carbons (Fsp3) is 0.296. The molecule has 0 spiro atoms. The van der Waals surface area contributed by atoms with Crippen LogP contribution >= 0.6 is 11.3 Å². The van der Waals surface area contributed by atoms with Crippen LogP contribution in [0.4, 0.5) is 11.5 Å². The highest BCUT2D eigenvalue weighted by molar-refractivity contribution is 7.07. The average molecular weight is 530 g/mol. The molecule has 3 aromatic heterocycles. The van der Waals surface area contributed by atoms with Gasteiger partial charge in [-0.15, -0.1) is 11.3 Å². The standard InChI is InChI=1S/C27H27N7O3S/c35-13-25(36)33-9-2-1-4-21(33)14-37-24-6-3-5-22-26(24)27(29-16-28-22)32-19-7-8-23-18(10-19)11-31-34(23)12-20-15-38-17-30-20/h3,5-8,10-11,15-17,21,35H,1-2,4,9,12-14H2,(H,28,29,32)/t21-/m1/s1. The van der Waals surface area contributed by atoms with E-state index in [1.165, 1.54) is 6.33 Å². The van der Waals surface area contributed by atoms with Crippen LogP contribution in [0.1, 0.15) is 25.0 Å². The van der Waals surface area contributed by atoms with E-state index in [-0.39, 0.29) is 11.9 Å². The minimum atomic E-state index is -0.485. The molecule has 1 fully saturated rings. The number of likely N-dealkylation sites (tertiary alicyclic amines) is 1. The third-order valence-corrected chi connectivity index (χ3v) is 7.47. The summed E-state index contributed by atoms with van der Waals surface area (Å²) in [5.74, 6) is 1.02. The molecule has 0 saturated carbocycles. The number of aromatic nitrogens is 5. The Hall–Kier alpha value is -4.09. The molecule has 0 unspecified atom stereocenters. The van der Waals surface area contributed by atoms with Crippen molar-refractivity contribution in [1.29, 1.82) is 0 Å². The molecule has 10 nitrogen and oxygen atoms in total. The summed E-state index contributed by atoms with van der Waals surface area (Å²) >= 11 is 1.57. The minimum absolute atomic E-state index is 0.0806. The number of anilines is 2. The Kier molecular flexibility index (Phi) is 6.84. The number of thiazole rings is 1.